The molecule has 0 bridgehead atoms. The molecule has 0 radical (unpaired) electrons. The van der Waals surface area contributed by atoms with Gasteiger partial charge in [0.05, 0.1) is 25.7 Å². The summed E-state index contributed by atoms with van der Waals surface area (Å²) in [6, 6.07) is 6.61. The van der Waals surface area contributed by atoms with E-state index >= 15 is 0 Å². The number of ether oxygens (including phenoxy) is 4. The van der Waals surface area contributed by atoms with Gasteiger partial charge in [0.2, 0.25) is 0 Å². The molecule has 0 aliphatic carbocycles. The van der Waals surface area contributed by atoms with E-state index in [4.69, 9.17) is 18.9 Å². The molecule has 0 heterocycles. The van der Waals surface area contributed by atoms with Gasteiger partial charge in [-0.15, -0.1) is 0 Å². The van der Waals surface area contributed by atoms with Crippen molar-refractivity contribution in [1.82, 2.24) is 0 Å². The van der Waals surface area contributed by atoms with Crippen molar-refractivity contribution < 1.29 is 38.4 Å². The Balaban J connectivity index is 2.29. The van der Waals surface area contributed by atoms with Gasteiger partial charge in [-0.05, 0) is 24.3 Å². The number of Topliss-reactive ketones (excluding diaryl/α,β-unsaturated/α-hetero) is 1. The monoisotopic (exact) mass is 438 g/mol. The summed E-state index contributed by atoms with van der Waals surface area (Å²) < 4.78 is 21.1. The third-order valence-corrected chi connectivity index (χ3v) is 4.25. The summed E-state index contributed by atoms with van der Waals surface area (Å²) >= 11 is 0. The highest BCUT2D eigenvalue weighted by Crippen LogP contribution is 2.15. The van der Waals surface area contributed by atoms with E-state index in [0.29, 0.717) is 11.3 Å². The van der Waals surface area contributed by atoms with Crippen LogP contribution in [0.2, 0.25) is 0 Å². The van der Waals surface area contributed by atoms with Gasteiger partial charge in [-0.25, -0.2) is 4.79 Å². The Morgan fingerprint density at radius 2 is 1.52 bits per heavy atom. The topological polar surface area (TPSA) is 108 Å². The highest BCUT2D eigenvalue weighted by Gasteiger charge is 2.16. The maximum atomic E-state index is 11.9. The number of aliphatic hydroxyl groups excluding tert-OH is 1. The summed E-state index contributed by atoms with van der Waals surface area (Å²) in [5, 5.41) is 9.32. The van der Waals surface area contributed by atoms with Crippen molar-refractivity contribution in [3.05, 3.63) is 29.8 Å². The van der Waals surface area contributed by atoms with Crippen molar-refractivity contribution in [1.29, 1.82) is 0 Å². The minimum absolute atomic E-state index is 0.0323. The summed E-state index contributed by atoms with van der Waals surface area (Å²) in [5.74, 6) is -0.834. The molecule has 1 aromatic carbocycles. The molecule has 31 heavy (non-hydrogen) atoms. The lowest BCUT2D eigenvalue weighted by molar-refractivity contribution is -0.154. The van der Waals surface area contributed by atoms with Crippen LogP contribution in [0.5, 0.6) is 5.75 Å². The van der Waals surface area contributed by atoms with Crippen LogP contribution in [0.25, 0.3) is 0 Å². The molecule has 1 rings (SSSR count). The zero-order valence-electron chi connectivity index (χ0n) is 19.0. The summed E-state index contributed by atoms with van der Waals surface area (Å²) in [4.78, 5) is 35.3. The van der Waals surface area contributed by atoms with Crippen LogP contribution in [0.1, 0.15) is 45.0 Å². The average Bonchev–Trinajstić information content (AvgIpc) is 2.75. The first-order valence-corrected chi connectivity index (χ1v) is 10.5. The second kappa shape index (κ2) is 13.8. The molecule has 0 saturated carbocycles. The molecule has 1 N–H and O–H groups in total. The quantitative estimate of drug-likeness (QED) is 0.349. The fraction of sp³-hybridized carbons (Fsp3) is 0.609. The number of carbonyl (C=O) groups is 3. The van der Waals surface area contributed by atoms with E-state index in [1.54, 1.807) is 38.1 Å². The van der Waals surface area contributed by atoms with Gasteiger partial charge in [-0.2, -0.15) is 0 Å². The Kier molecular flexibility index (Phi) is 11.8. The Labute approximate surface area is 183 Å². The molecule has 0 spiro atoms. The van der Waals surface area contributed by atoms with Crippen molar-refractivity contribution in [2.45, 2.75) is 40.7 Å². The van der Waals surface area contributed by atoms with E-state index in [2.05, 4.69) is 0 Å². The number of rotatable bonds is 14. The zero-order valence-corrected chi connectivity index (χ0v) is 19.0. The van der Waals surface area contributed by atoms with Gasteiger partial charge in [0, 0.05) is 17.4 Å². The van der Waals surface area contributed by atoms with Crippen LogP contribution in [0, 0.1) is 17.8 Å². The molecule has 2 unspecified atom stereocenters. The normalized spacial score (nSPS) is 13.0. The van der Waals surface area contributed by atoms with Crippen LogP contribution < -0.4 is 4.74 Å². The smallest absolute Gasteiger partial charge is 0.344 e. The Morgan fingerprint density at radius 3 is 2.06 bits per heavy atom. The van der Waals surface area contributed by atoms with Crippen LogP contribution in [0.3, 0.4) is 0 Å². The van der Waals surface area contributed by atoms with Crippen LogP contribution >= 0.6 is 0 Å². The number of ketones is 1. The number of aliphatic hydroxyl groups is 1. The maximum Gasteiger partial charge on any atom is 0.344 e. The summed E-state index contributed by atoms with van der Waals surface area (Å²) in [6.45, 7) is 8.71. The third-order valence-electron chi connectivity index (χ3n) is 4.25. The lowest BCUT2D eigenvalue weighted by Crippen LogP contribution is -2.29. The molecular formula is C23H34O8. The molecular weight excluding hydrogens is 404 g/mol. The lowest BCUT2D eigenvalue weighted by Gasteiger charge is -2.19. The van der Waals surface area contributed by atoms with E-state index in [1.165, 1.54) is 0 Å². The molecule has 8 nitrogen and oxygen atoms in total. The highest BCUT2D eigenvalue weighted by molar-refractivity contribution is 5.97. The average molecular weight is 439 g/mol. The number of hydrogen-bond donors (Lipinski definition) is 1. The Morgan fingerprint density at radius 1 is 0.871 bits per heavy atom. The second-order valence-corrected chi connectivity index (χ2v) is 8.04. The van der Waals surface area contributed by atoms with Gasteiger partial charge in [0.25, 0.3) is 0 Å². The van der Waals surface area contributed by atoms with E-state index in [9.17, 15) is 19.5 Å². The number of esters is 2. The molecule has 1 aromatic rings. The van der Waals surface area contributed by atoms with Crippen molar-refractivity contribution in [2.75, 3.05) is 33.0 Å². The van der Waals surface area contributed by atoms with Gasteiger partial charge < -0.3 is 24.1 Å². The highest BCUT2D eigenvalue weighted by atomic mass is 16.6. The predicted octanol–water partition coefficient (Wildman–Crippen LogP) is 2.66. The van der Waals surface area contributed by atoms with Gasteiger partial charge in [-0.3, -0.25) is 9.59 Å². The molecule has 174 valence electrons. The van der Waals surface area contributed by atoms with Crippen LogP contribution in [-0.4, -0.2) is 62.0 Å². The molecule has 0 amide bonds. The summed E-state index contributed by atoms with van der Waals surface area (Å²) in [6.07, 6.45) is -0.630. The predicted molar refractivity (Wildman–Crippen MR) is 114 cm³/mol. The molecule has 0 fully saturated rings. The van der Waals surface area contributed by atoms with Crippen molar-refractivity contribution in [2.24, 2.45) is 17.8 Å². The van der Waals surface area contributed by atoms with E-state index in [-0.39, 0.29) is 62.5 Å². The first-order chi connectivity index (χ1) is 14.6. The van der Waals surface area contributed by atoms with Crippen LogP contribution in [0.15, 0.2) is 24.3 Å². The van der Waals surface area contributed by atoms with Gasteiger partial charge in [0.1, 0.15) is 18.5 Å². The molecule has 8 heteroatoms. The largest absolute Gasteiger partial charge is 0.482 e. The SMILES string of the molecule is CC(COC(=O)COc1ccc(C(=O)C(C)C)cc1)COC(CO)COC(=O)C(C)C. The second-order valence-electron chi connectivity index (χ2n) is 8.04. The molecule has 0 aliphatic heterocycles. The minimum atomic E-state index is -0.630. The Hall–Kier alpha value is -2.45. The third kappa shape index (κ3) is 10.4. The van der Waals surface area contributed by atoms with Crippen molar-refractivity contribution in [3.63, 3.8) is 0 Å². The van der Waals surface area contributed by atoms with E-state index < -0.39 is 12.1 Å². The van der Waals surface area contributed by atoms with Crippen molar-refractivity contribution in [3.8, 4) is 5.75 Å². The number of benzene rings is 1. The van der Waals surface area contributed by atoms with Gasteiger partial charge in [0.15, 0.2) is 12.4 Å². The molecule has 2 atom stereocenters. The molecule has 0 aromatic heterocycles. The van der Waals surface area contributed by atoms with Crippen LogP contribution in [-0.2, 0) is 23.8 Å². The number of carbonyl (C=O) groups excluding carboxylic acids is 3. The molecule has 0 saturated heterocycles. The first-order valence-electron chi connectivity index (χ1n) is 10.5. The summed E-state index contributed by atoms with van der Waals surface area (Å²) in [5.41, 5.74) is 0.596. The molecule has 0 aliphatic rings. The van der Waals surface area contributed by atoms with E-state index in [1.807, 2.05) is 20.8 Å². The van der Waals surface area contributed by atoms with Crippen molar-refractivity contribution >= 4 is 17.7 Å². The van der Waals surface area contributed by atoms with E-state index in [0.717, 1.165) is 0 Å². The Bertz CT molecular complexity index is 696. The standard InChI is InChI=1S/C23H34O8/c1-15(2)22(26)18-6-8-19(9-7-18)29-14-21(25)30-12-17(5)11-28-20(10-24)13-31-23(27)16(3)4/h6-9,15-17,20,24H,10-14H2,1-5H3. The van der Waals surface area contributed by atoms with Gasteiger partial charge in [-0.1, -0.05) is 34.6 Å². The first kappa shape index (κ1) is 26.6. The fourth-order valence-corrected chi connectivity index (χ4v) is 2.31. The summed E-state index contributed by atoms with van der Waals surface area (Å²) in [7, 11) is 0. The minimum Gasteiger partial charge on any atom is -0.482 e. The number of hydrogen-bond acceptors (Lipinski definition) is 8. The van der Waals surface area contributed by atoms with Crippen LogP contribution in [0.4, 0.5) is 0 Å². The maximum absolute atomic E-state index is 11.9. The lowest BCUT2D eigenvalue weighted by atomic mass is 10.0. The fourth-order valence-electron chi connectivity index (χ4n) is 2.31. The zero-order chi connectivity index (χ0) is 23.4. The van der Waals surface area contributed by atoms with Gasteiger partial charge >= 0.3 is 11.9 Å².